The largest absolute Gasteiger partial charge is 0.309 e. The number of hydrogen-bond acceptors (Lipinski definition) is 0. The fourth-order valence-corrected chi connectivity index (χ4v) is 6.54. The van der Waals surface area contributed by atoms with Gasteiger partial charge in [-0.25, -0.2) is 0 Å². The van der Waals surface area contributed by atoms with Gasteiger partial charge in [0.2, 0.25) is 0 Å². The molecule has 0 aliphatic heterocycles. The Morgan fingerprint density at radius 3 is 1.31 bits per heavy atom. The SMILES string of the molecule is CC(C)(C)c1ccc(-c2ccc(-n3c4ccccc4c4cc(-n5c6ccccc6c6ccccc65)ccc43)cc2)cc1. The van der Waals surface area contributed by atoms with E-state index in [1.807, 2.05) is 0 Å². The minimum atomic E-state index is 0.153. The molecule has 0 saturated carbocycles. The molecule has 8 rings (SSSR count). The van der Waals surface area contributed by atoms with E-state index in [1.165, 1.54) is 71.7 Å². The molecule has 2 heteroatoms. The Morgan fingerprint density at radius 1 is 0.381 bits per heavy atom. The van der Waals surface area contributed by atoms with Gasteiger partial charge < -0.3 is 9.13 Å². The summed E-state index contributed by atoms with van der Waals surface area (Å²) in [5.41, 5.74) is 11.2. The predicted octanol–water partition coefficient (Wildman–Crippen LogP) is 10.8. The third kappa shape index (κ3) is 3.79. The predicted molar refractivity (Wildman–Crippen MR) is 179 cm³/mol. The molecule has 0 bridgehead atoms. The highest BCUT2D eigenvalue weighted by Gasteiger charge is 2.17. The van der Waals surface area contributed by atoms with Gasteiger partial charge in [0.1, 0.15) is 0 Å². The number of aromatic nitrogens is 2. The first-order chi connectivity index (χ1) is 20.5. The molecule has 6 aromatic carbocycles. The number of hydrogen-bond donors (Lipinski definition) is 0. The number of fused-ring (bicyclic) bond motifs is 6. The molecule has 0 aliphatic rings. The maximum absolute atomic E-state index is 2.40. The van der Waals surface area contributed by atoms with Gasteiger partial charge in [-0.1, -0.05) is 112 Å². The van der Waals surface area contributed by atoms with Crippen LogP contribution < -0.4 is 0 Å². The van der Waals surface area contributed by atoms with E-state index >= 15 is 0 Å². The van der Waals surface area contributed by atoms with Gasteiger partial charge in [0.05, 0.1) is 22.1 Å². The molecule has 202 valence electrons. The second-order valence-corrected chi connectivity index (χ2v) is 12.3. The Kier molecular flexibility index (Phi) is 5.42. The first kappa shape index (κ1) is 24.7. The van der Waals surface area contributed by atoms with E-state index in [2.05, 4.69) is 169 Å². The van der Waals surface area contributed by atoms with Gasteiger partial charge >= 0.3 is 0 Å². The van der Waals surface area contributed by atoms with E-state index in [1.54, 1.807) is 0 Å². The summed E-state index contributed by atoms with van der Waals surface area (Å²) in [7, 11) is 0. The molecule has 0 amide bonds. The van der Waals surface area contributed by atoms with Crippen LogP contribution in [0, 0.1) is 0 Å². The Labute approximate surface area is 246 Å². The van der Waals surface area contributed by atoms with Gasteiger partial charge in [0.15, 0.2) is 0 Å². The molecule has 2 nitrogen and oxygen atoms in total. The Hall–Kier alpha value is -5.08. The molecule has 0 aliphatic carbocycles. The Bertz CT molecular complexity index is 2200. The molecule has 0 unspecified atom stereocenters. The third-order valence-corrected chi connectivity index (χ3v) is 8.70. The summed E-state index contributed by atoms with van der Waals surface area (Å²) in [6.07, 6.45) is 0. The van der Waals surface area contributed by atoms with Crippen molar-refractivity contribution in [1.82, 2.24) is 9.13 Å². The number of rotatable bonds is 3. The average Bonchev–Trinajstić information content (AvgIpc) is 3.53. The van der Waals surface area contributed by atoms with Crippen molar-refractivity contribution in [3.8, 4) is 22.5 Å². The summed E-state index contributed by atoms with van der Waals surface area (Å²) in [5.74, 6) is 0. The van der Waals surface area contributed by atoms with Crippen molar-refractivity contribution in [2.75, 3.05) is 0 Å². The second kappa shape index (κ2) is 9.22. The van der Waals surface area contributed by atoms with E-state index in [9.17, 15) is 0 Å². The molecule has 8 aromatic rings. The van der Waals surface area contributed by atoms with Crippen LogP contribution in [0.3, 0.4) is 0 Å². The Morgan fingerprint density at radius 2 is 0.786 bits per heavy atom. The summed E-state index contributed by atoms with van der Waals surface area (Å²) in [6, 6.07) is 51.1. The summed E-state index contributed by atoms with van der Waals surface area (Å²) in [5, 5.41) is 5.08. The molecule has 0 saturated heterocycles. The highest BCUT2D eigenvalue weighted by molar-refractivity contribution is 6.12. The number of benzene rings is 6. The normalized spacial score (nSPS) is 12.2. The standard InChI is InChI=1S/C40H32N2/c1-40(2,3)29-20-16-27(17-21-29)28-18-22-30(23-19-28)41-38-15-9-6-12-34(38)35-26-31(24-25-39(35)41)42-36-13-7-4-10-32(36)33-11-5-8-14-37(33)42/h4-26H,1-3H3. The van der Waals surface area contributed by atoms with E-state index in [0.29, 0.717) is 0 Å². The fraction of sp³-hybridized carbons (Fsp3) is 0.100. The van der Waals surface area contributed by atoms with Crippen LogP contribution in [0.1, 0.15) is 26.3 Å². The van der Waals surface area contributed by atoms with Crippen molar-refractivity contribution in [3.05, 3.63) is 145 Å². The first-order valence-corrected chi connectivity index (χ1v) is 14.7. The van der Waals surface area contributed by atoms with Crippen LogP contribution >= 0.6 is 0 Å². The quantitative estimate of drug-likeness (QED) is 0.211. The van der Waals surface area contributed by atoms with Gasteiger partial charge in [-0.2, -0.15) is 0 Å². The molecule has 0 atom stereocenters. The highest BCUT2D eigenvalue weighted by atomic mass is 15.0. The summed E-state index contributed by atoms with van der Waals surface area (Å²) < 4.78 is 4.79. The molecular weight excluding hydrogens is 508 g/mol. The fourth-order valence-electron chi connectivity index (χ4n) is 6.54. The van der Waals surface area contributed by atoms with Gasteiger partial charge in [-0.3, -0.25) is 0 Å². The smallest absolute Gasteiger partial charge is 0.0542 e. The maximum atomic E-state index is 2.40. The zero-order valence-electron chi connectivity index (χ0n) is 24.2. The maximum Gasteiger partial charge on any atom is 0.0542 e. The van der Waals surface area contributed by atoms with Crippen molar-refractivity contribution in [1.29, 1.82) is 0 Å². The third-order valence-electron chi connectivity index (χ3n) is 8.70. The molecule has 0 radical (unpaired) electrons. The van der Waals surface area contributed by atoms with Crippen molar-refractivity contribution < 1.29 is 0 Å². The van der Waals surface area contributed by atoms with Crippen molar-refractivity contribution >= 4 is 43.6 Å². The van der Waals surface area contributed by atoms with E-state index in [4.69, 9.17) is 0 Å². The monoisotopic (exact) mass is 540 g/mol. The average molecular weight is 541 g/mol. The van der Waals surface area contributed by atoms with Crippen LogP contribution in [-0.2, 0) is 5.41 Å². The topological polar surface area (TPSA) is 9.86 Å². The second-order valence-electron chi connectivity index (χ2n) is 12.3. The molecule has 0 spiro atoms. The van der Waals surface area contributed by atoms with Crippen LogP contribution in [0.15, 0.2) is 140 Å². The van der Waals surface area contributed by atoms with Crippen LogP contribution in [0.5, 0.6) is 0 Å². The zero-order valence-corrected chi connectivity index (χ0v) is 24.2. The molecule has 0 N–H and O–H groups in total. The first-order valence-electron chi connectivity index (χ1n) is 14.7. The molecule has 0 fully saturated rings. The summed E-state index contributed by atoms with van der Waals surface area (Å²) in [6.45, 7) is 6.78. The summed E-state index contributed by atoms with van der Waals surface area (Å²) in [4.78, 5) is 0. The zero-order chi connectivity index (χ0) is 28.4. The van der Waals surface area contributed by atoms with Gasteiger partial charge in [0, 0.05) is 32.9 Å². The van der Waals surface area contributed by atoms with Crippen LogP contribution in [-0.4, -0.2) is 9.13 Å². The number of nitrogens with zero attached hydrogens (tertiary/aromatic N) is 2. The highest BCUT2D eigenvalue weighted by Crippen LogP contribution is 2.37. The minimum absolute atomic E-state index is 0.153. The van der Waals surface area contributed by atoms with Crippen LogP contribution in [0.2, 0.25) is 0 Å². The molecule has 2 heterocycles. The van der Waals surface area contributed by atoms with E-state index in [-0.39, 0.29) is 5.41 Å². The lowest BCUT2D eigenvalue weighted by molar-refractivity contribution is 0.590. The van der Waals surface area contributed by atoms with E-state index in [0.717, 1.165) is 0 Å². The summed E-state index contributed by atoms with van der Waals surface area (Å²) >= 11 is 0. The lowest BCUT2D eigenvalue weighted by atomic mass is 9.86. The van der Waals surface area contributed by atoms with Gasteiger partial charge in [-0.15, -0.1) is 0 Å². The van der Waals surface area contributed by atoms with E-state index < -0.39 is 0 Å². The van der Waals surface area contributed by atoms with Crippen LogP contribution in [0.4, 0.5) is 0 Å². The Balaban J connectivity index is 1.27. The van der Waals surface area contributed by atoms with Crippen molar-refractivity contribution in [2.24, 2.45) is 0 Å². The lowest BCUT2D eigenvalue weighted by Crippen LogP contribution is -2.10. The molecule has 42 heavy (non-hydrogen) atoms. The van der Waals surface area contributed by atoms with Crippen molar-refractivity contribution in [2.45, 2.75) is 26.2 Å². The lowest BCUT2D eigenvalue weighted by Gasteiger charge is -2.19. The minimum Gasteiger partial charge on any atom is -0.309 e. The molecule has 2 aromatic heterocycles. The number of para-hydroxylation sites is 3. The molecular formula is C40H32N2. The van der Waals surface area contributed by atoms with Gasteiger partial charge in [0.25, 0.3) is 0 Å². The van der Waals surface area contributed by atoms with Crippen molar-refractivity contribution in [3.63, 3.8) is 0 Å². The van der Waals surface area contributed by atoms with Crippen LogP contribution in [0.25, 0.3) is 66.1 Å². The van der Waals surface area contributed by atoms with Gasteiger partial charge in [-0.05, 0) is 70.6 Å².